The van der Waals surface area contributed by atoms with Crippen LogP contribution in [0.5, 0.6) is 0 Å². The molecule has 0 radical (unpaired) electrons. The maximum atomic E-state index is 13.2. The van der Waals surface area contributed by atoms with Gasteiger partial charge >= 0.3 is 0 Å². The predicted octanol–water partition coefficient (Wildman–Crippen LogP) is 5.11. The van der Waals surface area contributed by atoms with E-state index in [0.717, 1.165) is 22.3 Å². The molecule has 0 saturated heterocycles. The van der Waals surface area contributed by atoms with Crippen LogP contribution in [0.15, 0.2) is 59.1 Å². The molecule has 33 heavy (non-hydrogen) atoms. The molecule has 0 aliphatic heterocycles. The van der Waals surface area contributed by atoms with Gasteiger partial charge in [0.25, 0.3) is 5.91 Å². The largest absolute Gasteiger partial charge is 0.355 e. The van der Waals surface area contributed by atoms with Gasteiger partial charge in [-0.2, -0.15) is 0 Å². The maximum Gasteiger partial charge on any atom is 0.276 e. The lowest BCUT2D eigenvalue weighted by molar-refractivity contribution is -0.130. The predicted molar refractivity (Wildman–Crippen MR) is 130 cm³/mol. The molecule has 0 fully saturated rings. The zero-order valence-corrected chi connectivity index (χ0v) is 20.2. The van der Waals surface area contributed by atoms with Crippen LogP contribution in [0.1, 0.15) is 47.4 Å². The Bertz CT molecular complexity index is 1090. The van der Waals surface area contributed by atoms with Gasteiger partial charge in [0, 0.05) is 44.7 Å². The summed E-state index contributed by atoms with van der Waals surface area (Å²) in [6.07, 6.45) is 0.253. The van der Waals surface area contributed by atoms with Crippen molar-refractivity contribution in [3.63, 3.8) is 0 Å². The molecule has 0 saturated carbocycles. The number of aryl methyl sites for hydroxylation is 2. The van der Waals surface area contributed by atoms with Crippen LogP contribution >= 0.6 is 0 Å². The topological polar surface area (TPSA) is 66.7 Å². The van der Waals surface area contributed by atoms with Crippen LogP contribution in [0.2, 0.25) is 0 Å². The third-order valence-electron chi connectivity index (χ3n) is 5.54. The van der Waals surface area contributed by atoms with Crippen molar-refractivity contribution < 1.29 is 14.1 Å². The summed E-state index contributed by atoms with van der Waals surface area (Å²) in [6.45, 7) is 9.53. The van der Waals surface area contributed by atoms with Gasteiger partial charge in [-0.15, -0.1) is 0 Å². The van der Waals surface area contributed by atoms with Crippen LogP contribution in [0, 0.1) is 19.8 Å². The highest BCUT2D eigenvalue weighted by molar-refractivity contribution is 5.93. The minimum Gasteiger partial charge on any atom is -0.355 e. The molecule has 0 unspecified atom stereocenters. The Morgan fingerprint density at radius 2 is 1.76 bits per heavy atom. The fraction of sp³-hybridized carbons (Fsp3) is 0.370. The molecule has 6 heteroatoms. The zero-order chi connectivity index (χ0) is 24.0. The van der Waals surface area contributed by atoms with Gasteiger partial charge in [0.15, 0.2) is 11.5 Å². The van der Waals surface area contributed by atoms with Crippen LogP contribution in [0.3, 0.4) is 0 Å². The van der Waals surface area contributed by atoms with Crippen molar-refractivity contribution >= 4 is 11.8 Å². The number of benzene rings is 2. The molecule has 1 heterocycles. The summed E-state index contributed by atoms with van der Waals surface area (Å²) >= 11 is 0. The average molecular weight is 448 g/mol. The van der Waals surface area contributed by atoms with E-state index in [-0.39, 0.29) is 29.8 Å². The van der Waals surface area contributed by atoms with Gasteiger partial charge < -0.3 is 14.3 Å². The minimum absolute atomic E-state index is 0.00311. The fourth-order valence-electron chi connectivity index (χ4n) is 3.75. The molecular weight excluding hydrogens is 414 g/mol. The second kappa shape index (κ2) is 10.9. The van der Waals surface area contributed by atoms with Crippen LogP contribution in [0.4, 0.5) is 0 Å². The molecule has 0 N–H and O–H groups in total. The highest BCUT2D eigenvalue weighted by atomic mass is 16.5. The van der Waals surface area contributed by atoms with Crippen LogP contribution in [-0.4, -0.2) is 46.9 Å². The Morgan fingerprint density at radius 3 is 2.45 bits per heavy atom. The third kappa shape index (κ3) is 6.54. The lowest BCUT2D eigenvalue weighted by Gasteiger charge is -2.25. The van der Waals surface area contributed by atoms with Gasteiger partial charge in [-0.1, -0.05) is 67.0 Å². The molecule has 2 aromatic carbocycles. The molecule has 0 aliphatic rings. The number of hydrogen-bond donors (Lipinski definition) is 0. The molecule has 3 rings (SSSR count). The van der Waals surface area contributed by atoms with Gasteiger partial charge in [-0.05, 0) is 37.0 Å². The Balaban J connectivity index is 1.68. The quantitative estimate of drug-likeness (QED) is 0.457. The summed E-state index contributed by atoms with van der Waals surface area (Å²) in [6, 6.07) is 17.7. The summed E-state index contributed by atoms with van der Waals surface area (Å²) in [5.74, 6) is 0.610. The number of rotatable bonds is 9. The first-order valence-corrected chi connectivity index (χ1v) is 11.4. The van der Waals surface area contributed by atoms with Gasteiger partial charge in [-0.3, -0.25) is 9.59 Å². The van der Waals surface area contributed by atoms with E-state index in [1.807, 2.05) is 76.2 Å². The van der Waals surface area contributed by atoms with Crippen molar-refractivity contribution in [1.29, 1.82) is 0 Å². The molecule has 174 valence electrons. The number of nitrogens with zero attached hydrogens (tertiary/aromatic N) is 3. The summed E-state index contributed by atoms with van der Waals surface area (Å²) < 4.78 is 5.52. The first-order valence-electron chi connectivity index (χ1n) is 11.4. The number of aromatic nitrogens is 1. The van der Waals surface area contributed by atoms with Gasteiger partial charge in [0.1, 0.15) is 0 Å². The van der Waals surface area contributed by atoms with E-state index in [4.69, 9.17) is 4.52 Å². The van der Waals surface area contributed by atoms with Crippen LogP contribution in [-0.2, 0) is 11.3 Å². The molecular formula is C27H33N3O3. The molecule has 0 spiro atoms. The van der Waals surface area contributed by atoms with Gasteiger partial charge in [0.05, 0.1) is 0 Å². The average Bonchev–Trinajstić information content (AvgIpc) is 3.28. The monoisotopic (exact) mass is 447 g/mol. The van der Waals surface area contributed by atoms with E-state index in [1.165, 1.54) is 0 Å². The van der Waals surface area contributed by atoms with Crippen molar-refractivity contribution in [2.75, 3.05) is 20.1 Å². The smallest absolute Gasteiger partial charge is 0.276 e. The van der Waals surface area contributed by atoms with Crippen molar-refractivity contribution in [3.05, 3.63) is 77.0 Å². The van der Waals surface area contributed by atoms with Crippen LogP contribution < -0.4 is 0 Å². The highest BCUT2D eigenvalue weighted by Crippen LogP contribution is 2.26. The second-order valence-corrected chi connectivity index (χ2v) is 9.03. The first kappa shape index (κ1) is 24.2. The number of carbonyl (C=O) groups excluding carboxylic acids is 2. The van der Waals surface area contributed by atoms with E-state index >= 15 is 0 Å². The standard InChI is InChI=1S/C27H33N3O3/c1-19(2)17-30(14-13-26(31)29(5)18-22-9-7-6-8-10-22)27(32)24-16-25(33-28-24)23-15-20(3)11-12-21(23)4/h6-12,15-16,19H,13-14,17-18H2,1-5H3. The normalized spacial score (nSPS) is 11.0. The molecule has 0 atom stereocenters. The van der Waals surface area contributed by atoms with Gasteiger partial charge in [-0.25, -0.2) is 0 Å². The summed E-state index contributed by atoms with van der Waals surface area (Å²) in [5, 5.41) is 4.05. The number of carbonyl (C=O) groups is 2. The van der Waals surface area contributed by atoms with Crippen molar-refractivity contribution in [3.8, 4) is 11.3 Å². The third-order valence-corrected chi connectivity index (χ3v) is 5.54. The summed E-state index contributed by atoms with van der Waals surface area (Å²) in [5.41, 5.74) is 4.43. The second-order valence-electron chi connectivity index (χ2n) is 9.03. The maximum absolute atomic E-state index is 13.2. The summed E-state index contributed by atoms with van der Waals surface area (Å²) in [7, 11) is 1.79. The van der Waals surface area contributed by atoms with Crippen molar-refractivity contribution in [1.82, 2.24) is 15.0 Å². The Hall–Kier alpha value is -3.41. The zero-order valence-electron chi connectivity index (χ0n) is 20.2. The molecule has 0 bridgehead atoms. The number of amides is 2. The summed E-state index contributed by atoms with van der Waals surface area (Å²) in [4.78, 5) is 29.3. The first-order chi connectivity index (χ1) is 15.7. The fourth-order valence-corrected chi connectivity index (χ4v) is 3.75. The Kier molecular flexibility index (Phi) is 8.04. The Labute approximate surface area is 196 Å². The van der Waals surface area contributed by atoms with Crippen molar-refractivity contribution in [2.45, 2.75) is 40.7 Å². The van der Waals surface area contributed by atoms with Gasteiger partial charge in [0.2, 0.25) is 5.91 Å². The van der Waals surface area contributed by atoms with E-state index in [1.54, 1.807) is 22.9 Å². The lowest BCUT2D eigenvalue weighted by atomic mass is 10.0. The lowest BCUT2D eigenvalue weighted by Crippen LogP contribution is -2.38. The van der Waals surface area contributed by atoms with E-state index in [0.29, 0.717) is 25.4 Å². The van der Waals surface area contributed by atoms with Crippen LogP contribution in [0.25, 0.3) is 11.3 Å². The molecule has 2 amide bonds. The number of hydrogen-bond acceptors (Lipinski definition) is 4. The van der Waals surface area contributed by atoms with Crippen molar-refractivity contribution in [2.24, 2.45) is 5.92 Å². The van der Waals surface area contributed by atoms with E-state index in [9.17, 15) is 9.59 Å². The van der Waals surface area contributed by atoms with E-state index < -0.39 is 0 Å². The Morgan fingerprint density at radius 1 is 1.03 bits per heavy atom. The minimum atomic E-state index is -0.220. The SMILES string of the molecule is Cc1ccc(C)c(-c2cc(C(=O)N(CCC(=O)N(C)Cc3ccccc3)CC(C)C)no2)c1. The molecule has 0 aliphatic carbocycles. The molecule has 6 nitrogen and oxygen atoms in total. The highest BCUT2D eigenvalue weighted by Gasteiger charge is 2.23. The molecule has 3 aromatic rings. The molecule has 1 aromatic heterocycles. The van der Waals surface area contributed by atoms with E-state index in [2.05, 4.69) is 5.16 Å².